The van der Waals surface area contributed by atoms with Crippen molar-refractivity contribution in [3.05, 3.63) is 112 Å². The number of nitrogens with one attached hydrogen (secondary N) is 2. The van der Waals surface area contributed by atoms with Gasteiger partial charge < -0.3 is 15.4 Å². The Hall–Kier alpha value is -3.57. The highest BCUT2D eigenvalue weighted by molar-refractivity contribution is 6.31. The lowest BCUT2D eigenvalue weighted by Crippen LogP contribution is -2.41. The van der Waals surface area contributed by atoms with Crippen LogP contribution in [0.1, 0.15) is 28.3 Å². The molecular formula is C26H21ClN4O. The van der Waals surface area contributed by atoms with Gasteiger partial charge >= 0.3 is 0 Å². The number of hydrogen-bond donors (Lipinski definition) is 2. The standard InChI is InChI=1S/C26H21ClN4O/c27-22-7-2-1-4-19(22)15-32-20-6-3-5-17(12-20)21-14-29-26-23-18(13-28-25(21)23)9-8-16-10-11-30-31-24(16)26/h1-13,21,25,28-29H,14-15H2. The lowest BCUT2D eigenvalue weighted by molar-refractivity contribution is 0.305. The fraction of sp³-hybridized carbons (Fsp3) is 0.154. The molecule has 3 aromatic rings. The summed E-state index contributed by atoms with van der Waals surface area (Å²) in [6, 6.07) is 18.3. The number of fused-ring (bicyclic) bond motifs is 2. The van der Waals surface area contributed by atoms with Crippen molar-refractivity contribution in [3.8, 4) is 5.75 Å². The van der Waals surface area contributed by atoms with E-state index in [0.29, 0.717) is 6.61 Å². The number of hydrogen-bond acceptors (Lipinski definition) is 5. The highest BCUT2D eigenvalue weighted by Crippen LogP contribution is 2.41. The lowest BCUT2D eigenvalue weighted by Gasteiger charge is -2.34. The third kappa shape index (κ3) is 3.26. The van der Waals surface area contributed by atoms with Crippen LogP contribution in [0.5, 0.6) is 5.75 Å². The van der Waals surface area contributed by atoms with E-state index in [1.807, 2.05) is 36.4 Å². The summed E-state index contributed by atoms with van der Waals surface area (Å²) in [7, 11) is 0. The van der Waals surface area contributed by atoms with E-state index in [4.69, 9.17) is 16.3 Å². The Morgan fingerprint density at radius 2 is 2.00 bits per heavy atom. The van der Waals surface area contributed by atoms with Crippen LogP contribution in [-0.2, 0) is 6.61 Å². The van der Waals surface area contributed by atoms with Gasteiger partial charge in [-0.3, -0.25) is 0 Å². The van der Waals surface area contributed by atoms with Crippen LogP contribution in [0.4, 0.5) is 0 Å². The normalized spacial score (nSPS) is 20.5. The van der Waals surface area contributed by atoms with Crippen LogP contribution in [-0.4, -0.2) is 22.8 Å². The van der Waals surface area contributed by atoms with Gasteiger partial charge in [0.25, 0.3) is 0 Å². The SMILES string of the molecule is Clc1ccccc1COc1cccc(C2CNC3=C4C(=CNC42)C=Cc2ccnnc23)c1. The summed E-state index contributed by atoms with van der Waals surface area (Å²) in [5.41, 5.74) is 7.70. The van der Waals surface area contributed by atoms with Gasteiger partial charge in [-0.15, -0.1) is 5.10 Å². The van der Waals surface area contributed by atoms with Gasteiger partial charge in [0.1, 0.15) is 18.1 Å². The second kappa shape index (κ2) is 7.84. The summed E-state index contributed by atoms with van der Waals surface area (Å²) in [5, 5.41) is 16.5. The zero-order valence-corrected chi connectivity index (χ0v) is 18.0. The summed E-state index contributed by atoms with van der Waals surface area (Å²) < 4.78 is 6.08. The summed E-state index contributed by atoms with van der Waals surface area (Å²) in [6.07, 6.45) is 8.11. The van der Waals surface area contributed by atoms with Gasteiger partial charge in [0, 0.05) is 40.4 Å². The van der Waals surface area contributed by atoms with Crippen molar-refractivity contribution < 1.29 is 4.74 Å². The first-order chi connectivity index (χ1) is 15.8. The number of rotatable bonds is 4. The van der Waals surface area contributed by atoms with Crippen LogP contribution >= 0.6 is 11.6 Å². The number of halogens is 1. The predicted octanol–water partition coefficient (Wildman–Crippen LogP) is 4.69. The molecule has 3 heterocycles. The highest BCUT2D eigenvalue weighted by atomic mass is 35.5. The van der Waals surface area contributed by atoms with E-state index in [2.05, 4.69) is 57.4 Å². The minimum Gasteiger partial charge on any atom is -0.489 e. The summed E-state index contributed by atoms with van der Waals surface area (Å²) in [4.78, 5) is 0. The third-order valence-electron chi connectivity index (χ3n) is 6.28. The number of benzene rings is 2. The molecule has 1 aliphatic carbocycles. The largest absolute Gasteiger partial charge is 0.489 e. The van der Waals surface area contributed by atoms with E-state index in [0.717, 1.165) is 39.8 Å². The minimum atomic E-state index is 0.165. The molecule has 0 amide bonds. The van der Waals surface area contributed by atoms with Crippen molar-refractivity contribution in [2.75, 3.05) is 6.54 Å². The lowest BCUT2D eigenvalue weighted by atomic mass is 9.82. The van der Waals surface area contributed by atoms with Crippen LogP contribution < -0.4 is 15.4 Å². The highest BCUT2D eigenvalue weighted by Gasteiger charge is 2.38. The van der Waals surface area contributed by atoms with Crippen molar-refractivity contribution in [2.45, 2.75) is 18.6 Å². The molecule has 2 aromatic carbocycles. The smallest absolute Gasteiger partial charge is 0.120 e. The van der Waals surface area contributed by atoms with Crippen LogP contribution in [0, 0.1) is 0 Å². The van der Waals surface area contributed by atoms with Gasteiger partial charge in [-0.05, 0) is 35.4 Å². The van der Waals surface area contributed by atoms with Gasteiger partial charge in [-0.2, -0.15) is 5.10 Å². The molecule has 32 heavy (non-hydrogen) atoms. The maximum Gasteiger partial charge on any atom is 0.120 e. The quantitative estimate of drug-likeness (QED) is 0.616. The van der Waals surface area contributed by atoms with Crippen molar-refractivity contribution in [1.29, 1.82) is 0 Å². The molecule has 2 N–H and O–H groups in total. The molecule has 0 saturated carbocycles. The van der Waals surface area contributed by atoms with E-state index in [-0.39, 0.29) is 12.0 Å². The van der Waals surface area contributed by atoms with Gasteiger partial charge in [0.05, 0.1) is 17.9 Å². The van der Waals surface area contributed by atoms with Gasteiger partial charge in [0.2, 0.25) is 0 Å². The van der Waals surface area contributed by atoms with Gasteiger partial charge in [-0.25, -0.2) is 0 Å². The first-order valence-corrected chi connectivity index (χ1v) is 11.1. The van der Waals surface area contributed by atoms with Crippen molar-refractivity contribution in [1.82, 2.24) is 20.8 Å². The number of aromatic nitrogens is 2. The number of nitrogens with zero attached hydrogens (tertiary/aromatic N) is 2. The number of ether oxygens (including phenoxy) is 1. The molecule has 0 radical (unpaired) electrons. The number of allylic oxidation sites excluding steroid dienone is 1. The van der Waals surface area contributed by atoms with Crippen LogP contribution in [0.25, 0.3) is 11.8 Å². The maximum absolute atomic E-state index is 6.28. The molecule has 0 spiro atoms. The molecule has 5 nitrogen and oxygen atoms in total. The Morgan fingerprint density at radius 3 is 2.94 bits per heavy atom. The molecule has 0 bridgehead atoms. The van der Waals surface area contributed by atoms with Crippen LogP contribution in [0.3, 0.4) is 0 Å². The topological polar surface area (TPSA) is 59.1 Å². The third-order valence-corrected chi connectivity index (χ3v) is 6.65. The fourth-order valence-corrected chi connectivity index (χ4v) is 4.87. The van der Waals surface area contributed by atoms with E-state index in [9.17, 15) is 0 Å². The molecule has 0 fully saturated rings. The zero-order valence-electron chi connectivity index (χ0n) is 17.3. The van der Waals surface area contributed by atoms with Gasteiger partial charge in [-0.1, -0.05) is 54.1 Å². The van der Waals surface area contributed by atoms with Gasteiger partial charge in [0.15, 0.2) is 0 Å². The Bertz CT molecular complexity index is 1300. The summed E-state index contributed by atoms with van der Waals surface area (Å²) in [6.45, 7) is 1.23. The fourth-order valence-electron chi connectivity index (χ4n) is 4.68. The van der Waals surface area contributed by atoms with E-state index >= 15 is 0 Å². The summed E-state index contributed by atoms with van der Waals surface area (Å²) >= 11 is 6.28. The van der Waals surface area contributed by atoms with Crippen LogP contribution in [0.15, 0.2) is 84.2 Å². The van der Waals surface area contributed by atoms with E-state index in [1.54, 1.807) is 6.20 Å². The second-order valence-electron chi connectivity index (χ2n) is 8.14. The monoisotopic (exact) mass is 440 g/mol. The molecule has 2 unspecified atom stereocenters. The first-order valence-electron chi connectivity index (χ1n) is 10.7. The van der Waals surface area contributed by atoms with Crippen molar-refractivity contribution >= 4 is 23.4 Å². The van der Waals surface area contributed by atoms with E-state index < -0.39 is 0 Å². The molecule has 0 saturated heterocycles. The molecule has 2 atom stereocenters. The average molecular weight is 441 g/mol. The Labute approximate surface area is 191 Å². The van der Waals surface area contributed by atoms with E-state index in [1.165, 1.54) is 16.7 Å². The molecule has 6 rings (SSSR count). The van der Waals surface area contributed by atoms with Crippen molar-refractivity contribution in [3.63, 3.8) is 0 Å². The average Bonchev–Trinajstić information content (AvgIpc) is 3.19. The Kier molecular flexibility index (Phi) is 4.69. The molecule has 1 aromatic heterocycles. The molecule has 6 heteroatoms. The second-order valence-corrected chi connectivity index (χ2v) is 8.55. The Balaban J connectivity index is 1.29. The molecule has 2 aliphatic heterocycles. The summed E-state index contributed by atoms with van der Waals surface area (Å²) in [5.74, 6) is 1.09. The Morgan fingerprint density at radius 1 is 1.06 bits per heavy atom. The molecular weight excluding hydrogens is 420 g/mol. The molecule has 3 aliphatic rings. The zero-order chi connectivity index (χ0) is 21.5. The first kappa shape index (κ1) is 19.1. The maximum atomic E-state index is 6.28. The minimum absolute atomic E-state index is 0.165. The predicted molar refractivity (Wildman–Crippen MR) is 126 cm³/mol. The van der Waals surface area contributed by atoms with Crippen LogP contribution in [0.2, 0.25) is 5.02 Å². The van der Waals surface area contributed by atoms with Crippen molar-refractivity contribution in [2.24, 2.45) is 0 Å². The molecule has 158 valence electrons.